The summed E-state index contributed by atoms with van der Waals surface area (Å²) in [5, 5.41) is 5.83. The normalized spacial score (nSPS) is 17.8. The van der Waals surface area contributed by atoms with Gasteiger partial charge < -0.3 is 10.6 Å². The van der Waals surface area contributed by atoms with Gasteiger partial charge in [0.15, 0.2) is 0 Å². The fourth-order valence-electron chi connectivity index (χ4n) is 2.32. The number of benzene rings is 2. The number of anilines is 2. The lowest BCUT2D eigenvalue weighted by Gasteiger charge is -2.27. The molecule has 1 aliphatic rings. The highest BCUT2D eigenvalue weighted by atomic mass is 35.5. The predicted octanol–water partition coefficient (Wildman–Crippen LogP) is 4.03. The van der Waals surface area contributed by atoms with Crippen LogP contribution in [0.5, 0.6) is 0 Å². The van der Waals surface area contributed by atoms with Crippen LogP contribution in [0, 0.1) is 5.92 Å². The van der Waals surface area contributed by atoms with Crippen molar-refractivity contribution in [2.45, 2.75) is 17.1 Å². The minimum atomic E-state index is -0.468. The number of halogens is 1. The summed E-state index contributed by atoms with van der Waals surface area (Å²) in [6, 6.07) is 14.5. The zero-order valence-corrected chi connectivity index (χ0v) is 13.9. The van der Waals surface area contributed by atoms with Gasteiger partial charge in [-0.25, -0.2) is 0 Å². The van der Waals surface area contributed by atoms with Crippen LogP contribution in [0.2, 0.25) is 5.02 Å². The van der Waals surface area contributed by atoms with E-state index in [-0.39, 0.29) is 11.8 Å². The van der Waals surface area contributed by atoms with Crippen LogP contribution in [-0.2, 0) is 9.59 Å². The lowest BCUT2D eigenvalue weighted by atomic mass is 10.1. The first-order valence-corrected chi connectivity index (χ1v) is 8.43. The van der Waals surface area contributed by atoms with E-state index in [0.29, 0.717) is 10.7 Å². The number of rotatable bonds is 3. The van der Waals surface area contributed by atoms with Gasteiger partial charge in [-0.2, -0.15) is 0 Å². The van der Waals surface area contributed by atoms with E-state index in [0.717, 1.165) is 10.6 Å². The number of nitrogens with one attached hydrogen (secondary N) is 2. The third kappa shape index (κ3) is 3.51. The van der Waals surface area contributed by atoms with Gasteiger partial charge in [0.05, 0.1) is 16.9 Å². The number of fused-ring (bicyclic) bond motifs is 1. The summed E-state index contributed by atoms with van der Waals surface area (Å²) in [7, 11) is 0. The summed E-state index contributed by atoms with van der Waals surface area (Å²) in [6.45, 7) is 1.76. The molecule has 118 valence electrons. The van der Waals surface area contributed by atoms with Crippen molar-refractivity contribution in [1.82, 2.24) is 0 Å². The zero-order valence-electron chi connectivity index (χ0n) is 12.4. The number of amides is 2. The zero-order chi connectivity index (χ0) is 16.4. The fraction of sp³-hybridized carbons (Fsp3) is 0.176. The van der Waals surface area contributed by atoms with Gasteiger partial charge in [-0.05, 0) is 36.4 Å². The Morgan fingerprint density at radius 2 is 1.91 bits per heavy atom. The average molecular weight is 347 g/mol. The Bertz CT molecular complexity index is 749. The van der Waals surface area contributed by atoms with Gasteiger partial charge in [0.1, 0.15) is 0 Å². The summed E-state index contributed by atoms with van der Waals surface area (Å²) >= 11 is 7.25. The lowest BCUT2D eigenvalue weighted by molar-refractivity contribution is -0.123. The molecular weight excluding hydrogens is 332 g/mol. The Kier molecular flexibility index (Phi) is 4.59. The second kappa shape index (κ2) is 6.64. The maximum atomic E-state index is 12.4. The predicted molar refractivity (Wildman–Crippen MR) is 94.0 cm³/mol. The molecule has 0 radical (unpaired) electrons. The average Bonchev–Trinajstić information content (AvgIpc) is 2.55. The second-order valence-electron chi connectivity index (χ2n) is 5.31. The smallest absolute Gasteiger partial charge is 0.238 e. The first-order chi connectivity index (χ1) is 11.0. The van der Waals surface area contributed by atoms with Gasteiger partial charge >= 0.3 is 0 Å². The molecule has 2 N–H and O–H groups in total. The van der Waals surface area contributed by atoms with Crippen molar-refractivity contribution in [1.29, 1.82) is 0 Å². The minimum absolute atomic E-state index is 0.146. The highest BCUT2D eigenvalue weighted by Gasteiger charge is 2.35. The molecule has 2 unspecified atom stereocenters. The van der Waals surface area contributed by atoms with Gasteiger partial charge in [0.2, 0.25) is 11.8 Å². The first-order valence-electron chi connectivity index (χ1n) is 7.17. The first kappa shape index (κ1) is 15.9. The summed E-state index contributed by atoms with van der Waals surface area (Å²) in [4.78, 5) is 25.7. The standard InChI is InChI=1S/C17H15ClN2O2S/c1-10(16(21)19-12-8-6-11(18)7-9-12)15-17(22)20-13-4-2-3-5-14(13)23-15/h2-10,15H,1H3,(H,19,21)(H,20,22). The summed E-state index contributed by atoms with van der Waals surface area (Å²) in [5.41, 5.74) is 1.46. The molecule has 1 heterocycles. The molecular formula is C17H15ClN2O2S. The topological polar surface area (TPSA) is 58.2 Å². The van der Waals surface area contributed by atoms with E-state index in [4.69, 9.17) is 11.6 Å². The number of thioether (sulfide) groups is 1. The third-order valence-electron chi connectivity index (χ3n) is 3.64. The van der Waals surface area contributed by atoms with E-state index in [1.165, 1.54) is 11.8 Å². The van der Waals surface area contributed by atoms with E-state index < -0.39 is 11.2 Å². The van der Waals surface area contributed by atoms with E-state index in [2.05, 4.69) is 10.6 Å². The molecule has 4 nitrogen and oxygen atoms in total. The molecule has 0 saturated carbocycles. The van der Waals surface area contributed by atoms with Crippen molar-refractivity contribution in [2.24, 2.45) is 5.92 Å². The molecule has 2 aromatic carbocycles. The SMILES string of the molecule is CC(C(=O)Nc1ccc(Cl)cc1)C1Sc2ccccc2NC1=O. The number of para-hydroxylation sites is 1. The molecule has 3 rings (SSSR count). The Labute approximate surface area is 143 Å². The third-order valence-corrected chi connectivity index (χ3v) is 5.37. The quantitative estimate of drug-likeness (QED) is 0.882. The van der Waals surface area contributed by atoms with Crippen LogP contribution >= 0.6 is 23.4 Å². The van der Waals surface area contributed by atoms with Crippen LogP contribution in [0.4, 0.5) is 11.4 Å². The van der Waals surface area contributed by atoms with Crippen LogP contribution in [0.1, 0.15) is 6.92 Å². The van der Waals surface area contributed by atoms with Gasteiger partial charge in [0, 0.05) is 15.6 Å². The van der Waals surface area contributed by atoms with Crippen LogP contribution < -0.4 is 10.6 Å². The lowest BCUT2D eigenvalue weighted by Crippen LogP contribution is -2.39. The van der Waals surface area contributed by atoms with Crippen LogP contribution in [0.15, 0.2) is 53.4 Å². The van der Waals surface area contributed by atoms with Crippen molar-refractivity contribution < 1.29 is 9.59 Å². The number of hydrogen-bond acceptors (Lipinski definition) is 3. The number of carbonyl (C=O) groups excluding carboxylic acids is 2. The van der Waals surface area contributed by atoms with Crippen molar-refractivity contribution in [2.75, 3.05) is 10.6 Å². The van der Waals surface area contributed by atoms with E-state index in [9.17, 15) is 9.59 Å². The maximum Gasteiger partial charge on any atom is 0.238 e. The van der Waals surface area contributed by atoms with Gasteiger partial charge in [-0.3, -0.25) is 9.59 Å². The molecule has 23 heavy (non-hydrogen) atoms. The molecule has 0 aliphatic carbocycles. The molecule has 0 fully saturated rings. The number of carbonyl (C=O) groups is 2. The Morgan fingerprint density at radius 1 is 1.22 bits per heavy atom. The highest BCUT2D eigenvalue weighted by molar-refractivity contribution is 8.01. The monoisotopic (exact) mass is 346 g/mol. The van der Waals surface area contributed by atoms with E-state index in [1.807, 2.05) is 24.3 Å². The minimum Gasteiger partial charge on any atom is -0.326 e. The molecule has 0 spiro atoms. The van der Waals surface area contributed by atoms with Crippen molar-refractivity contribution >= 4 is 46.6 Å². The second-order valence-corrected chi connectivity index (χ2v) is 6.93. The molecule has 0 saturated heterocycles. The fourth-order valence-corrected chi connectivity index (χ4v) is 3.62. The van der Waals surface area contributed by atoms with E-state index >= 15 is 0 Å². The maximum absolute atomic E-state index is 12.4. The molecule has 1 aliphatic heterocycles. The summed E-state index contributed by atoms with van der Waals surface area (Å²) in [5.74, 6) is -0.809. The van der Waals surface area contributed by atoms with E-state index in [1.54, 1.807) is 31.2 Å². The molecule has 2 aromatic rings. The highest BCUT2D eigenvalue weighted by Crippen LogP contribution is 2.38. The molecule has 2 atom stereocenters. The van der Waals surface area contributed by atoms with Gasteiger partial charge in [0.25, 0.3) is 0 Å². The van der Waals surface area contributed by atoms with Crippen LogP contribution in [0.25, 0.3) is 0 Å². The largest absolute Gasteiger partial charge is 0.326 e. The molecule has 2 amide bonds. The van der Waals surface area contributed by atoms with Gasteiger partial charge in [-0.1, -0.05) is 30.7 Å². The Balaban J connectivity index is 1.72. The van der Waals surface area contributed by atoms with Gasteiger partial charge in [-0.15, -0.1) is 11.8 Å². The number of hydrogen-bond donors (Lipinski definition) is 2. The van der Waals surface area contributed by atoms with Crippen LogP contribution in [0.3, 0.4) is 0 Å². The molecule has 0 aromatic heterocycles. The van der Waals surface area contributed by atoms with Crippen molar-refractivity contribution in [3.05, 3.63) is 53.6 Å². The molecule has 6 heteroatoms. The Hall–Kier alpha value is -1.98. The van der Waals surface area contributed by atoms with Crippen LogP contribution in [-0.4, -0.2) is 17.1 Å². The summed E-state index contributed by atoms with van der Waals surface area (Å²) in [6.07, 6.45) is 0. The summed E-state index contributed by atoms with van der Waals surface area (Å²) < 4.78 is 0. The van der Waals surface area contributed by atoms with Crippen molar-refractivity contribution in [3.8, 4) is 0 Å². The van der Waals surface area contributed by atoms with Crippen molar-refractivity contribution in [3.63, 3.8) is 0 Å². The Morgan fingerprint density at radius 3 is 2.65 bits per heavy atom. The molecule has 0 bridgehead atoms.